The van der Waals surface area contributed by atoms with Crippen molar-refractivity contribution in [3.8, 4) is 0 Å². The van der Waals surface area contributed by atoms with E-state index in [1.54, 1.807) is 0 Å². The molecule has 0 radical (unpaired) electrons. The maximum atomic E-state index is 6.25. The van der Waals surface area contributed by atoms with Crippen LogP contribution >= 0.6 is 0 Å². The van der Waals surface area contributed by atoms with E-state index in [4.69, 9.17) is 9.47 Å². The van der Waals surface area contributed by atoms with Crippen molar-refractivity contribution >= 4 is 0 Å². The van der Waals surface area contributed by atoms with Crippen molar-refractivity contribution < 1.29 is 9.47 Å². The summed E-state index contributed by atoms with van der Waals surface area (Å²) in [6.07, 6.45) is 14.8. The third-order valence-electron chi connectivity index (χ3n) is 8.82. The van der Waals surface area contributed by atoms with Crippen LogP contribution in [0.3, 0.4) is 0 Å². The lowest BCUT2D eigenvalue weighted by atomic mass is 9.48. The molecule has 3 unspecified atom stereocenters. The first-order valence-corrected chi connectivity index (χ1v) is 10.1. The number of hydrogen-bond donors (Lipinski definition) is 0. The molecule has 23 heavy (non-hydrogen) atoms. The van der Waals surface area contributed by atoms with E-state index in [0.717, 1.165) is 37.4 Å². The van der Waals surface area contributed by atoms with Crippen LogP contribution in [0.25, 0.3) is 0 Å². The van der Waals surface area contributed by atoms with Gasteiger partial charge in [0, 0.05) is 11.8 Å². The second-order valence-electron chi connectivity index (χ2n) is 9.41. The van der Waals surface area contributed by atoms with Crippen molar-refractivity contribution in [2.24, 2.45) is 28.6 Å². The smallest absolute Gasteiger partial charge is 0.174 e. The van der Waals surface area contributed by atoms with Gasteiger partial charge in [0.25, 0.3) is 0 Å². The number of ether oxygens (including phenoxy) is 2. The Balaban J connectivity index is 1.51. The molecule has 0 aromatic rings. The van der Waals surface area contributed by atoms with Gasteiger partial charge >= 0.3 is 0 Å². The Bertz CT molecular complexity index is 532. The standard InChI is InChI=1S/C21H32O2/c1-19-10-4-3-5-15(19)6-7-16-17(19)8-11-20(2)18(16)9-12-21(20)22-13-14-23-21/h6,16-18H,3-5,7-14H2,1-2H3/t16?,17?,18?,19-,20-/m0/s1. The molecule has 0 aromatic carbocycles. The summed E-state index contributed by atoms with van der Waals surface area (Å²) in [4.78, 5) is 0. The fourth-order valence-electron chi connectivity index (χ4n) is 7.58. The Kier molecular flexibility index (Phi) is 3.15. The largest absolute Gasteiger partial charge is 0.347 e. The summed E-state index contributed by atoms with van der Waals surface area (Å²) in [5, 5.41) is 0. The van der Waals surface area contributed by atoms with Gasteiger partial charge in [-0.25, -0.2) is 0 Å². The average molecular weight is 316 g/mol. The Labute approximate surface area is 141 Å². The number of rotatable bonds is 0. The number of allylic oxidation sites excluding steroid dienone is 2. The van der Waals surface area contributed by atoms with Crippen LogP contribution in [0.15, 0.2) is 11.6 Å². The molecule has 5 aliphatic rings. The summed E-state index contributed by atoms with van der Waals surface area (Å²) < 4.78 is 12.5. The van der Waals surface area contributed by atoms with Crippen molar-refractivity contribution in [1.82, 2.24) is 0 Å². The Morgan fingerprint density at radius 3 is 2.57 bits per heavy atom. The van der Waals surface area contributed by atoms with E-state index in [-0.39, 0.29) is 11.2 Å². The van der Waals surface area contributed by atoms with Gasteiger partial charge < -0.3 is 9.47 Å². The van der Waals surface area contributed by atoms with Gasteiger partial charge in [-0.2, -0.15) is 0 Å². The SMILES string of the molecule is C[C@]12CCCCC1=CCC1C2CC[C@@]2(C)C1CCC21OCCO1. The number of hydrogen-bond acceptors (Lipinski definition) is 2. The van der Waals surface area contributed by atoms with E-state index in [0.29, 0.717) is 5.41 Å². The average Bonchev–Trinajstić information content (AvgIpc) is 3.14. The van der Waals surface area contributed by atoms with E-state index >= 15 is 0 Å². The van der Waals surface area contributed by atoms with Crippen molar-refractivity contribution in [3.63, 3.8) is 0 Å². The van der Waals surface area contributed by atoms with Gasteiger partial charge in [-0.1, -0.05) is 31.9 Å². The lowest BCUT2D eigenvalue weighted by molar-refractivity contribution is -0.242. The molecular weight excluding hydrogens is 284 g/mol. The van der Waals surface area contributed by atoms with Crippen LogP contribution in [0.2, 0.25) is 0 Å². The van der Waals surface area contributed by atoms with E-state index in [1.807, 2.05) is 5.57 Å². The maximum Gasteiger partial charge on any atom is 0.174 e. The highest BCUT2D eigenvalue weighted by molar-refractivity contribution is 5.25. The molecule has 2 nitrogen and oxygen atoms in total. The minimum absolute atomic E-state index is 0.236. The quantitative estimate of drug-likeness (QED) is 0.580. The fraction of sp³-hybridized carbons (Fsp3) is 0.905. The van der Waals surface area contributed by atoms with Crippen LogP contribution < -0.4 is 0 Å². The third kappa shape index (κ3) is 1.78. The lowest BCUT2D eigenvalue weighted by Gasteiger charge is -2.58. The van der Waals surface area contributed by atoms with Crippen LogP contribution in [0.4, 0.5) is 0 Å². The summed E-state index contributed by atoms with van der Waals surface area (Å²) in [5.41, 5.74) is 2.58. The molecular formula is C21H32O2. The van der Waals surface area contributed by atoms with Crippen LogP contribution in [-0.4, -0.2) is 19.0 Å². The van der Waals surface area contributed by atoms with Crippen molar-refractivity contribution in [2.45, 2.75) is 77.4 Å². The molecule has 1 heterocycles. The first kappa shape index (κ1) is 15.0. The molecule has 4 fully saturated rings. The van der Waals surface area contributed by atoms with E-state index in [9.17, 15) is 0 Å². The third-order valence-corrected chi connectivity index (χ3v) is 8.82. The molecule has 0 N–H and O–H groups in total. The van der Waals surface area contributed by atoms with Crippen LogP contribution in [0.5, 0.6) is 0 Å². The highest BCUT2D eigenvalue weighted by Gasteiger charge is 2.66. The Morgan fingerprint density at radius 1 is 0.957 bits per heavy atom. The minimum atomic E-state index is -0.236. The van der Waals surface area contributed by atoms with Gasteiger partial charge in [-0.05, 0) is 68.1 Å². The van der Waals surface area contributed by atoms with E-state index < -0.39 is 0 Å². The highest BCUT2D eigenvalue weighted by atomic mass is 16.7. The molecule has 0 amide bonds. The molecule has 3 saturated carbocycles. The Hall–Kier alpha value is -0.340. The molecule has 5 rings (SSSR count). The van der Waals surface area contributed by atoms with Gasteiger partial charge in [0.1, 0.15) is 0 Å². The summed E-state index contributed by atoms with van der Waals surface area (Å²) in [6, 6.07) is 0. The zero-order valence-corrected chi connectivity index (χ0v) is 14.9. The maximum absolute atomic E-state index is 6.25. The monoisotopic (exact) mass is 316 g/mol. The number of fused-ring (bicyclic) bond motifs is 6. The first-order valence-electron chi connectivity index (χ1n) is 10.1. The van der Waals surface area contributed by atoms with Gasteiger partial charge in [0.15, 0.2) is 5.79 Å². The normalized spacial score (nSPS) is 51.0. The van der Waals surface area contributed by atoms with Crippen LogP contribution in [0, 0.1) is 28.6 Å². The van der Waals surface area contributed by atoms with E-state index in [1.165, 1.54) is 51.4 Å². The summed E-state index contributed by atoms with van der Waals surface area (Å²) in [7, 11) is 0. The predicted molar refractivity (Wildman–Crippen MR) is 91.0 cm³/mol. The molecule has 0 aromatic heterocycles. The van der Waals surface area contributed by atoms with Gasteiger partial charge in [0.05, 0.1) is 13.2 Å². The molecule has 128 valence electrons. The topological polar surface area (TPSA) is 18.5 Å². The summed E-state index contributed by atoms with van der Waals surface area (Å²) in [6.45, 7) is 6.70. The van der Waals surface area contributed by atoms with E-state index in [2.05, 4.69) is 19.9 Å². The highest BCUT2D eigenvalue weighted by Crippen LogP contribution is 2.68. The molecule has 5 atom stereocenters. The van der Waals surface area contributed by atoms with Crippen LogP contribution in [-0.2, 0) is 9.47 Å². The second-order valence-corrected chi connectivity index (χ2v) is 9.41. The van der Waals surface area contributed by atoms with Gasteiger partial charge in [-0.3, -0.25) is 0 Å². The zero-order valence-electron chi connectivity index (χ0n) is 14.9. The van der Waals surface area contributed by atoms with Gasteiger partial charge in [0.2, 0.25) is 0 Å². The molecule has 1 saturated heterocycles. The Morgan fingerprint density at radius 2 is 1.74 bits per heavy atom. The van der Waals surface area contributed by atoms with Gasteiger partial charge in [-0.15, -0.1) is 0 Å². The summed E-state index contributed by atoms with van der Waals surface area (Å²) in [5.74, 6) is 2.35. The minimum Gasteiger partial charge on any atom is -0.347 e. The summed E-state index contributed by atoms with van der Waals surface area (Å²) >= 11 is 0. The first-order chi connectivity index (χ1) is 11.1. The molecule has 1 spiro atoms. The van der Waals surface area contributed by atoms with Crippen molar-refractivity contribution in [2.75, 3.05) is 13.2 Å². The predicted octanol–water partition coefficient (Wildman–Crippen LogP) is 5.08. The molecule has 4 aliphatic carbocycles. The second kappa shape index (κ2) is 4.85. The zero-order chi connectivity index (χ0) is 15.7. The van der Waals surface area contributed by atoms with Crippen LogP contribution in [0.1, 0.15) is 71.6 Å². The molecule has 0 bridgehead atoms. The molecule has 2 heteroatoms. The molecule has 1 aliphatic heterocycles. The fourth-order valence-corrected chi connectivity index (χ4v) is 7.58. The van der Waals surface area contributed by atoms with Crippen molar-refractivity contribution in [3.05, 3.63) is 11.6 Å². The van der Waals surface area contributed by atoms with Crippen molar-refractivity contribution in [1.29, 1.82) is 0 Å². The lowest BCUT2D eigenvalue weighted by Crippen LogP contribution is -2.54.